The molecular weight excluding hydrogens is 232 g/mol. The highest BCUT2D eigenvalue weighted by Crippen LogP contribution is 2.25. The zero-order chi connectivity index (χ0) is 13.2. The van der Waals surface area contributed by atoms with Crippen molar-refractivity contribution in [3.05, 3.63) is 39.9 Å². The van der Waals surface area contributed by atoms with E-state index in [-0.39, 0.29) is 22.2 Å². The maximum Gasteiger partial charge on any atom is 0.269 e. The largest absolute Gasteiger partial charge is 0.379 e. The average molecular weight is 250 g/mol. The summed E-state index contributed by atoms with van der Waals surface area (Å²) in [7, 11) is 0. The van der Waals surface area contributed by atoms with Gasteiger partial charge in [-0.1, -0.05) is 12.1 Å². The van der Waals surface area contributed by atoms with Gasteiger partial charge in [-0.25, -0.2) is 0 Å². The molecule has 1 fully saturated rings. The molecule has 0 spiro atoms. The molecular formula is C13H18N2O3. The Morgan fingerprint density at radius 3 is 2.94 bits per heavy atom. The van der Waals surface area contributed by atoms with E-state index in [1.165, 1.54) is 6.07 Å². The van der Waals surface area contributed by atoms with Crippen LogP contribution in [0.25, 0.3) is 0 Å². The summed E-state index contributed by atoms with van der Waals surface area (Å²) in [6, 6.07) is 6.83. The maximum atomic E-state index is 10.7. The number of ether oxygens (including phenoxy) is 1. The number of hydrogen-bond acceptors (Lipinski definition) is 4. The summed E-state index contributed by atoms with van der Waals surface area (Å²) in [6.07, 6.45) is 0.965. The smallest absolute Gasteiger partial charge is 0.269 e. The highest BCUT2D eigenvalue weighted by molar-refractivity contribution is 5.35. The van der Waals surface area contributed by atoms with E-state index >= 15 is 0 Å². The van der Waals surface area contributed by atoms with Crippen LogP contribution in [-0.4, -0.2) is 23.7 Å². The number of nitrogens with one attached hydrogen (secondary N) is 1. The van der Waals surface area contributed by atoms with Crippen molar-refractivity contribution in [1.29, 1.82) is 0 Å². The van der Waals surface area contributed by atoms with Crippen LogP contribution in [0.5, 0.6) is 0 Å². The first-order valence-electron chi connectivity index (χ1n) is 6.10. The molecule has 2 rings (SSSR count). The second kappa shape index (κ2) is 5.04. The van der Waals surface area contributed by atoms with Gasteiger partial charge in [-0.3, -0.25) is 10.1 Å². The van der Waals surface area contributed by atoms with E-state index in [9.17, 15) is 10.1 Å². The number of non-ortho nitro benzene ring substituents is 1. The molecule has 1 heterocycles. The molecule has 5 nitrogen and oxygen atoms in total. The Balaban J connectivity index is 2.10. The molecule has 98 valence electrons. The van der Waals surface area contributed by atoms with Crippen LogP contribution in [-0.2, 0) is 4.74 Å². The summed E-state index contributed by atoms with van der Waals surface area (Å²) < 4.78 is 5.39. The van der Waals surface area contributed by atoms with Gasteiger partial charge in [0.2, 0.25) is 0 Å². The van der Waals surface area contributed by atoms with E-state index in [1.807, 2.05) is 13.0 Å². The van der Waals surface area contributed by atoms with Crippen molar-refractivity contribution >= 4 is 5.69 Å². The quantitative estimate of drug-likeness (QED) is 0.658. The molecule has 2 atom stereocenters. The highest BCUT2D eigenvalue weighted by Gasteiger charge is 2.31. The molecule has 18 heavy (non-hydrogen) atoms. The van der Waals surface area contributed by atoms with Gasteiger partial charge in [0.1, 0.15) is 0 Å². The van der Waals surface area contributed by atoms with E-state index in [0.29, 0.717) is 6.61 Å². The van der Waals surface area contributed by atoms with Crippen LogP contribution in [0.1, 0.15) is 31.9 Å². The molecule has 1 aliphatic rings. The van der Waals surface area contributed by atoms with Crippen molar-refractivity contribution in [2.45, 2.75) is 31.8 Å². The fraction of sp³-hybridized carbons (Fsp3) is 0.538. The molecule has 0 unspecified atom stereocenters. The summed E-state index contributed by atoms with van der Waals surface area (Å²) in [5.41, 5.74) is 1.02. The minimum atomic E-state index is -0.364. The lowest BCUT2D eigenvalue weighted by Crippen LogP contribution is -2.44. The minimum Gasteiger partial charge on any atom is -0.379 e. The summed E-state index contributed by atoms with van der Waals surface area (Å²) in [5.74, 6) is 0. The number of benzene rings is 1. The van der Waals surface area contributed by atoms with Gasteiger partial charge in [0.15, 0.2) is 0 Å². The Hall–Kier alpha value is -1.46. The van der Waals surface area contributed by atoms with Crippen molar-refractivity contribution in [3.8, 4) is 0 Å². The van der Waals surface area contributed by atoms with Gasteiger partial charge in [-0.15, -0.1) is 0 Å². The van der Waals surface area contributed by atoms with Crippen LogP contribution >= 0.6 is 0 Å². The molecule has 0 amide bonds. The van der Waals surface area contributed by atoms with Crippen LogP contribution in [0.2, 0.25) is 0 Å². The molecule has 0 aliphatic carbocycles. The van der Waals surface area contributed by atoms with Crippen molar-refractivity contribution in [2.24, 2.45) is 0 Å². The topological polar surface area (TPSA) is 64.4 Å². The van der Waals surface area contributed by atoms with Crippen molar-refractivity contribution in [3.63, 3.8) is 0 Å². The molecule has 1 saturated heterocycles. The molecule has 0 radical (unpaired) electrons. The van der Waals surface area contributed by atoms with Crippen molar-refractivity contribution < 1.29 is 9.66 Å². The zero-order valence-corrected chi connectivity index (χ0v) is 10.7. The first-order chi connectivity index (χ1) is 8.50. The van der Waals surface area contributed by atoms with Crippen LogP contribution in [0.3, 0.4) is 0 Å². The summed E-state index contributed by atoms with van der Waals surface area (Å²) >= 11 is 0. The number of rotatable bonds is 4. The summed E-state index contributed by atoms with van der Waals surface area (Å²) in [4.78, 5) is 10.4. The first-order valence-corrected chi connectivity index (χ1v) is 6.10. The van der Waals surface area contributed by atoms with Gasteiger partial charge >= 0.3 is 0 Å². The first kappa shape index (κ1) is 13.0. The van der Waals surface area contributed by atoms with Gasteiger partial charge in [0.05, 0.1) is 11.5 Å². The molecule has 0 aromatic heterocycles. The van der Waals surface area contributed by atoms with Gasteiger partial charge in [0, 0.05) is 30.3 Å². The summed E-state index contributed by atoms with van der Waals surface area (Å²) in [5, 5.41) is 14.2. The number of nitrogens with zero attached hydrogens (tertiary/aromatic N) is 1. The Labute approximate surface area is 106 Å². The minimum absolute atomic E-state index is 0.0377. The van der Waals surface area contributed by atoms with E-state index in [2.05, 4.69) is 12.2 Å². The number of nitro benzene ring substituents is 1. The zero-order valence-electron chi connectivity index (χ0n) is 10.7. The fourth-order valence-corrected chi connectivity index (χ4v) is 2.29. The second-order valence-electron chi connectivity index (χ2n) is 5.08. The Morgan fingerprint density at radius 2 is 2.33 bits per heavy atom. The number of hydrogen-bond donors (Lipinski definition) is 1. The van der Waals surface area contributed by atoms with E-state index in [1.54, 1.807) is 12.1 Å². The lowest BCUT2D eigenvalue weighted by Gasteiger charge is -2.28. The van der Waals surface area contributed by atoms with Crippen molar-refractivity contribution in [2.75, 3.05) is 13.2 Å². The normalized spacial score (nSPS) is 25.0. The van der Waals surface area contributed by atoms with Gasteiger partial charge in [-0.2, -0.15) is 0 Å². The number of nitro groups is 1. The fourth-order valence-electron chi connectivity index (χ4n) is 2.29. The summed E-state index contributed by atoms with van der Waals surface area (Å²) in [6.45, 7) is 5.59. The monoisotopic (exact) mass is 250 g/mol. The van der Waals surface area contributed by atoms with Crippen LogP contribution in [0.15, 0.2) is 24.3 Å². The standard InChI is InChI=1S/C13H18N2O3/c1-10(14-13(2)6-7-18-9-13)11-4-3-5-12(8-11)15(16)17/h3-5,8,10,14H,6-7,9H2,1-2H3/t10-,13-/m1/s1. The lowest BCUT2D eigenvalue weighted by molar-refractivity contribution is -0.384. The van der Waals surface area contributed by atoms with Crippen LogP contribution in [0.4, 0.5) is 5.69 Å². The highest BCUT2D eigenvalue weighted by atomic mass is 16.6. The third-order valence-electron chi connectivity index (χ3n) is 3.36. The lowest BCUT2D eigenvalue weighted by atomic mass is 9.98. The predicted molar refractivity (Wildman–Crippen MR) is 68.5 cm³/mol. The van der Waals surface area contributed by atoms with Crippen LogP contribution < -0.4 is 5.32 Å². The van der Waals surface area contributed by atoms with Gasteiger partial charge in [0.25, 0.3) is 5.69 Å². The van der Waals surface area contributed by atoms with E-state index in [0.717, 1.165) is 18.6 Å². The third kappa shape index (κ3) is 2.86. The molecule has 0 saturated carbocycles. The SMILES string of the molecule is C[C@@H](N[C@]1(C)CCOC1)c1cccc([N+](=O)[O-])c1. The van der Waals surface area contributed by atoms with Crippen LogP contribution in [0, 0.1) is 10.1 Å². The molecule has 1 aliphatic heterocycles. The third-order valence-corrected chi connectivity index (χ3v) is 3.36. The van der Waals surface area contributed by atoms with E-state index < -0.39 is 0 Å². The predicted octanol–water partition coefficient (Wildman–Crippen LogP) is 2.42. The molecule has 0 bridgehead atoms. The average Bonchev–Trinajstić information content (AvgIpc) is 2.76. The molecule has 5 heteroatoms. The Morgan fingerprint density at radius 1 is 1.56 bits per heavy atom. The molecule has 1 N–H and O–H groups in total. The Kier molecular flexibility index (Phi) is 3.63. The van der Waals surface area contributed by atoms with E-state index in [4.69, 9.17) is 4.74 Å². The maximum absolute atomic E-state index is 10.7. The van der Waals surface area contributed by atoms with Gasteiger partial charge in [-0.05, 0) is 25.8 Å². The molecule has 1 aromatic carbocycles. The van der Waals surface area contributed by atoms with Crippen molar-refractivity contribution in [1.82, 2.24) is 5.32 Å². The Bertz CT molecular complexity index is 442. The second-order valence-corrected chi connectivity index (χ2v) is 5.08. The molecule has 1 aromatic rings. The van der Waals surface area contributed by atoms with Gasteiger partial charge < -0.3 is 10.1 Å².